The zero-order valence-corrected chi connectivity index (χ0v) is 21.7. The summed E-state index contributed by atoms with van der Waals surface area (Å²) in [6.07, 6.45) is 5.73. The van der Waals surface area contributed by atoms with E-state index in [1.54, 1.807) is 0 Å². The highest BCUT2D eigenvalue weighted by Crippen LogP contribution is 2.38. The Labute approximate surface area is 194 Å². The molecule has 2 aromatic rings. The van der Waals surface area contributed by atoms with Gasteiger partial charge in [-0.3, -0.25) is 9.97 Å². The van der Waals surface area contributed by atoms with Gasteiger partial charge in [-0.25, -0.2) is 0 Å². The van der Waals surface area contributed by atoms with E-state index < -0.39 is 0 Å². The van der Waals surface area contributed by atoms with Crippen molar-refractivity contribution in [3.05, 3.63) is 57.6 Å². The summed E-state index contributed by atoms with van der Waals surface area (Å²) in [5, 5.41) is 10.5. The van der Waals surface area contributed by atoms with Gasteiger partial charge in [0.2, 0.25) is 0 Å². The molecule has 0 atom stereocenters. The second-order valence-electron chi connectivity index (χ2n) is 12.1. The quantitative estimate of drug-likeness (QED) is 0.481. The standard InChI is InChI=1S/C27H38ClN3/c1-24(2,3)19-13-18(15-29)22(30-16-19)27(9,10)12-11-26(7,8)20-14-21(28)23(31-17-20)25(4,5)6/h13-14,16-17H,11-12H2,1-10H3. The molecule has 0 N–H and O–H groups in total. The maximum atomic E-state index is 9.79. The van der Waals surface area contributed by atoms with Crippen LogP contribution in [0.3, 0.4) is 0 Å². The van der Waals surface area contributed by atoms with Gasteiger partial charge in [-0.05, 0) is 46.9 Å². The van der Waals surface area contributed by atoms with Crippen LogP contribution >= 0.6 is 11.6 Å². The van der Waals surface area contributed by atoms with Gasteiger partial charge in [-0.1, -0.05) is 80.8 Å². The molecule has 0 aliphatic heterocycles. The van der Waals surface area contributed by atoms with Crippen molar-refractivity contribution in [2.75, 3.05) is 0 Å². The summed E-state index contributed by atoms with van der Waals surface area (Å²) in [5.41, 5.74) is 4.27. The number of pyridine rings is 2. The molecular weight excluding hydrogens is 402 g/mol. The number of aromatic nitrogens is 2. The maximum absolute atomic E-state index is 9.79. The van der Waals surface area contributed by atoms with E-state index in [2.05, 4.69) is 81.4 Å². The molecule has 168 valence electrons. The Hall–Kier alpha value is -1.92. The molecule has 0 aromatic carbocycles. The Morgan fingerprint density at radius 1 is 0.742 bits per heavy atom. The van der Waals surface area contributed by atoms with Gasteiger partial charge in [0, 0.05) is 23.2 Å². The van der Waals surface area contributed by atoms with Crippen LogP contribution in [-0.4, -0.2) is 9.97 Å². The number of halogens is 1. The van der Waals surface area contributed by atoms with Crippen LogP contribution in [0.25, 0.3) is 0 Å². The molecule has 0 spiro atoms. The van der Waals surface area contributed by atoms with Crippen LogP contribution in [0.1, 0.15) is 110 Å². The van der Waals surface area contributed by atoms with E-state index in [1.165, 1.54) is 0 Å². The fourth-order valence-corrected chi connectivity index (χ4v) is 4.20. The summed E-state index contributed by atoms with van der Waals surface area (Å²) in [4.78, 5) is 9.45. The summed E-state index contributed by atoms with van der Waals surface area (Å²) in [7, 11) is 0. The molecule has 0 unspecified atom stereocenters. The van der Waals surface area contributed by atoms with Crippen molar-refractivity contribution in [1.82, 2.24) is 9.97 Å². The van der Waals surface area contributed by atoms with Crippen LogP contribution in [0.15, 0.2) is 24.5 Å². The first kappa shape index (κ1) is 25.3. The average Bonchev–Trinajstić information content (AvgIpc) is 2.64. The lowest BCUT2D eigenvalue weighted by atomic mass is 9.73. The SMILES string of the molecule is CC(C)(C)c1cnc(C(C)(C)CCC(C)(C)c2cnc(C(C)(C)C)c(Cl)c2)c(C#N)c1. The lowest BCUT2D eigenvalue weighted by Crippen LogP contribution is -2.27. The third-order valence-electron chi connectivity index (χ3n) is 6.22. The van der Waals surface area contributed by atoms with Crippen LogP contribution in [0.5, 0.6) is 0 Å². The van der Waals surface area contributed by atoms with Crippen molar-refractivity contribution in [3.8, 4) is 6.07 Å². The van der Waals surface area contributed by atoms with Crippen molar-refractivity contribution in [2.24, 2.45) is 0 Å². The molecule has 0 amide bonds. The average molecular weight is 440 g/mol. The molecule has 2 heterocycles. The van der Waals surface area contributed by atoms with Crippen LogP contribution < -0.4 is 0 Å². The summed E-state index contributed by atoms with van der Waals surface area (Å²) < 4.78 is 0. The topological polar surface area (TPSA) is 49.6 Å². The van der Waals surface area contributed by atoms with Gasteiger partial charge in [-0.2, -0.15) is 5.26 Å². The Balaban J connectivity index is 2.29. The molecule has 2 rings (SSSR count). The largest absolute Gasteiger partial charge is 0.259 e. The molecule has 0 saturated carbocycles. The fourth-order valence-electron chi connectivity index (χ4n) is 3.75. The minimum Gasteiger partial charge on any atom is -0.259 e. The maximum Gasteiger partial charge on any atom is 0.101 e. The highest BCUT2D eigenvalue weighted by atomic mass is 35.5. The molecule has 4 heteroatoms. The Morgan fingerprint density at radius 3 is 1.74 bits per heavy atom. The van der Waals surface area contributed by atoms with E-state index in [4.69, 9.17) is 21.6 Å². The zero-order chi connectivity index (χ0) is 23.8. The zero-order valence-electron chi connectivity index (χ0n) is 20.9. The lowest BCUT2D eigenvalue weighted by Gasteiger charge is -2.32. The van der Waals surface area contributed by atoms with E-state index in [1.807, 2.05) is 18.5 Å². The number of rotatable bonds is 5. The van der Waals surface area contributed by atoms with Crippen molar-refractivity contribution < 1.29 is 0 Å². The summed E-state index contributed by atoms with van der Waals surface area (Å²) in [6.45, 7) is 21.6. The molecule has 31 heavy (non-hydrogen) atoms. The third kappa shape index (κ3) is 5.86. The number of nitrogens with zero attached hydrogens (tertiary/aromatic N) is 3. The minimum absolute atomic E-state index is 0.0330. The van der Waals surface area contributed by atoms with Crippen molar-refractivity contribution >= 4 is 11.6 Å². The molecular formula is C27H38ClN3. The molecule has 3 nitrogen and oxygen atoms in total. The molecule has 0 saturated heterocycles. The van der Waals surface area contributed by atoms with Gasteiger partial charge >= 0.3 is 0 Å². The normalized spacial score (nSPS) is 13.2. The summed E-state index contributed by atoms with van der Waals surface area (Å²) >= 11 is 6.59. The lowest BCUT2D eigenvalue weighted by molar-refractivity contribution is 0.367. The Kier molecular flexibility index (Phi) is 6.99. The van der Waals surface area contributed by atoms with Crippen LogP contribution in [-0.2, 0) is 21.7 Å². The minimum atomic E-state index is -0.221. The molecule has 2 aromatic heterocycles. The molecule has 0 aliphatic rings. The predicted molar refractivity (Wildman–Crippen MR) is 131 cm³/mol. The van der Waals surface area contributed by atoms with Gasteiger partial charge in [-0.15, -0.1) is 0 Å². The monoisotopic (exact) mass is 439 g/mol. The number of hydrogen-bond donors (Lipinski definition) is 0. The fraction of sp³-hybridized carbons (Fsp3) is 0.593. The molecule has 0 radical (unpaired) electrons. The molecule has 0 fully saturated rings. The Bertz CT molecular complexity index is 983. The van der Waals surface area contributed by atoms with Crippen molar-refractivity contribution in [2.45, 2.75) is 104 Å². The molecule has 0 bridgehead atoms. The predicted octanol–water partition coefficient (Wildman–Crippen LogP) is 7.63. The van der Waals surface area contributed by atoms with Gasteiger partial charge < -0.3 is 0 Å². The van der Waals surface area contributed by atoms with E-state index in [-0.39, 0.29) is 21.7 Å². The van der Waals surface area contributed by atoms with E-state index in [9.17, 15) is 5.26 Å². The first-order chi connectivity index (χ1) is 14.0. The second kappa shape index (κ2) is 8.55. The van der Waals surface area contributed by atoms with Crippen LogP contribution in [0.2, 0.25) is 5.02 Å². The van der Waals surface area contributed by atoms with Gasteiger partial charge in [0.05, 0.1) is 22.0 Å². The van der Waals surface area contributed by atoms with Crippen molar-refractivity contribution in [1.29, 1.82) is 5.26 Å². The van der Waals surface area contributed by atoms with Crippen molar-refractivity contribution in [3.63, 3.8) is 0 Å². The van der Waals surface area contributed by atoms with Crippen LogP contribution in [0, 0.1) is 11.3 Å². The van der Waals surface area contributed by atoms with E-state index in [0.29, 0.717) is 5.56 Å². The van der Waals surface area contributed by atoms with E-state index >= 15 is 0 Å². The summed E-state index contributed by atoms with van der Waals surface area (Å²) in [5.74, 6) is 0. The first-order valence-electron chi connectivity index (χ1n) is 11.1. The van der Waals surface area contributed by atoms with Crippen LogP contribution in [0.4, 0.5) is 0 Å². The van der Waals surface area contributed by atoms with E-state index in [0.717, 1.165) is 40.4 Å². The van der Waals surface area contributed by atoms with Gasteiger partial charge in [0.15, 0.2) is 0 Å². The van der Waals surface area contributed by atoms with Gasteiger partial charge in [0.1, 0.15) is 6.07 Å². The first-order valence-corrected chi connectivity index (χ1v) is 11.4. The van der Waals surface area contributed by atoms with Gasteiger partial charge in [0.25, 0.3) is 0 Å². The smallest absolute Gasteiger partial charge is 0.101 e. The highest BCUT2D eigenvalue weighted by Gasteiger charge is 2.31. The molecule has 0 aliphatic carbocycles. The number of nitriles is 1. The Morgan fingerprint density at radius 2 is 1.26 bits per heavy atom. The highest BCUT2D eigenvalue weighted by molar-refractivity contribution is 6.31. The summed E-state index contributed by atoms with van der Waals surface area (Å²) in [6, 6.07) is 6.45. The third-order valence-corrected chi connectivity index (χ3v) is 6.51. The number of hydrogen-bond acceptors (Lipinski definition) is 3. The second-order valence-corrected chi connectivity index (χ2v) is 12.5.